The summed E-state index contributed by atoms with van der Waals surface area (Å²) in [5.41, 5.74) is 10.3. The molecule has 0 saturated carbocycles. The number of rotatable bonds is 1. The van der Waals surface area contributed by atoms with E-state index in [9.17, 15) is 0 Å². The maximum Gasteiger partial charge on any atom is 0.146 e. The summed E-state index contributed by atoms with van der Waals surface area (Å²) in [7, 11) is 0. The number of fused-ring (bicyclic) bond motifs is 12. The Morgan fingerprint density at radius 3 is 2.29 bits per heavy atom. The molecule has 42 heavy (non-hydrogen) atoms. The summed E-state index contributed by atoms with van der Waals surface area (Å²) < 4.78 is 4.66. The van der Waals surface area contributed by atoms with Crippen molar-refractivity contribution in [3.63, 3.8) is 0 Å². The van der Waals surface area contributed by atoms with Crippen LogP contribution in [0.15, 0.2) is 109 Å². The van der Waals surface area contributed by atoms with Gasteiger partial charge < -0.3 is 9.55 Å². The molecule has 0 radical (unpaired) electrons. The van der Waals surface area contributed by atoms with Crippen LogP contribution in [-0.2, 0) is 5.41 Å². The number of aromatic amines is 1. The average molecular weight is 540 g/mol. The first-order valence-corrected chi connectivity index (χ1v) is 14.4. The molecule has 5 heteroatoms. The molecule has 1 N–H and O–H groups in total. The smallest absolute Gasteiger partial charge is 0.146 e. The highest BCUT2D eigenvalue weighted by Gasteiger charge is 2.38. The minimum Gasteiger partial charge on any atom is -0.354 e. The van der Waals surface area contributed by atoms with Gasteiger partial charge in [-0.15, -0.1) is 0 Å². The van der Waals surface area contributed by atoms with Crippen molar-refractivity contribution in [2.75, 3.05) is 0 Å². The van der Waals surface area contributed by atoms with Crippen LogP contribution >= 0.6 is 0 Å². The molecule has 6 heterocycles. The van der Waals surface area contributed by atoms with E-state index in [1.54, 1.807) is 0 Å². The van der Waals surface area contributed by atoms with Gasteiger partial charge in [-0.3, -0.25) is 4.57 Å². The minimum atomic E-state index is -0.266. The van der Waals surface area contributed by atoms with Crippen LogP contribution in [0, 0.1) is 0 Å². The number of para-hydroxylation sites is 2. The van der Waals surface area contributed by atoms with E-state index in [1.165, 1.54) is 65.8 Å². The van der Waals surface area contributed by atoms with Crippen molar-refractivity contribution in [3.8, 4) is 11.5 Å². The Kier molecular flexibility index (Phi) is 3.95. The second-order valence-electron chi connectivity index (χ2n) is 12.0. The van der Waals surface area contributed by atoms with E-state index in [0.29, 0.717) is 0 Å². The molecular formula is C37H25N5. The van der Waals surface area contributed by atoms with Crippen molar-refractivity contribution in [2.24, 2.45) is 0 Å². The molecule has 198 valence electrons. The number of nitrogens with zero attached hydrogens (tertiary/aromatic N) is 4. The zero-order valence-electron chi connectivity index (χ0n) is 23.2. The van der Waals surface area contributed by atoms with E-state index in [1.807, 2.05) is 24.5 Å². The number of hydrogen-bond donors (Lipinski definition) is 1. The second-order valence-corrected chi connectivity index (χ2v) is 12.0. The number of benzene rings is 4. The molecule has 0 amide bonds. The molecule has 9 aromatic rings. The Hall–Kier alpha value is -5.42. The maximum atomic E-state index is 4.89. The predicted octanol–water partition coefficient (Wildman–Crippen LogP) is 8.94. The first-order valence-electron chi connectivity index (χ1n) is 14.4. The van der Waals surface area contributed by atoms with Crippen LogP contribution in [0.1, 0.15) is 25.0 Å². The third-order valence-electron chi connectivity index (χ3n) is 9.49. The zero-order chi connectivity index (χ0) is 27.7. The van der Waals surface area contributed by atoms with Gasteiger partial charge in [-0.1, -0.05) is 56.3 Å². The fourth-order valence-corrected chi connectivity index (χ4v) is 7.69. The zero-order valence-corrected chi connectivity index (χ0v) is 23.2. The fourth-order valence-electron chi connectivity index (χ4n) is 7.69. The lowest BCUT2D eigenvalue weighted by Crippen LogP contribution is -2.27. The van der Waals surface area contributed by atoms with E-state index >= 15 is 0 Å². The SMILES string of the molecule is CC1(C)c2cccnc2-n2c3ncccc3c3cc4c([nH]c5cc6c(cc54)c4ccccc4n6-c4ccccc4)c1c32. The summed E-state index contributed by atoms with van der Waals surface area (Å²) >= 11 is 0. The molecule has 0 spiro atoms. The van der Waals surface area contributed by atoms with E-state index in [0.717, 1.165) is 22.4 Å². The van der Waals surface area contributed by atoms with Gasteiger partial charge in [0.15, 0.2) is 0 Å². The summed E-state index contributed by atoms with van der Waals surface area (Å²) in [6.45, 7) is 4.66. The predicted molar refractivity (Wildman–Crippen MR) is 172 cm³/mol. The number of nitrogens with one attached hydrogen (secondary N) is 1. The summed E-state index contributed by atoms with van der Waals surface area (Å²) in [5, 5.41) is 7.38. The van der Waals surface area contributed by atoms with Gasteiger partial charge in [0.1, 0.15) is 11.5 Å². The maximum absolute atomic E-state index is 4.89. The fraction of sp³-hybridized carbons (Fsp3) is 0.0811. The van der Waals surface area contributed by atoms with Gasteiger partial charge in [0, 0.05) is 72.5 Å². The molecule has 0 bridgehead atoms. The molecule has 0 saturated heterocycles. The van der Waals surface area contributed by atoms with E-state index < -0.39 is 0 Å². The normalized spacial score (nSPS) is 14.1. The van der Waals surface area contributed by atoms with E-state index in [4.69, 9.17) is 9.97 Å². The monoisotopic (exact) mass is 539 g/mol. The number of H-pyrrole nitrogens is 1. The van der Waals surface area contributed by atoms with Gasteiger partial charge in [-0.2, -0.15) is 0 Å². The molecule has 0 aliphatic carbocycles. The van der Waals surface area contributed by atoms with Crippen molar-refractivity contribution in [1.29, 1.82) is 0 Å². The largest absolute Gasteiger partial charge is 0.354 e. The molecule has 4 aromatic carbocycles. The first-order chi connectivity index (χ1) is 20.6. The minimum absolute atomic E-state index is 0.266. The Morgan fingerprint density at radius 2 is 1.38 bits per heavy atom. The Balaban J connectivity index is 1.42. The number of pyridine rings is 2. The molecule has 1 aliphatic rings. The summed E-state index contributed by atoms with van der Waals surface area (Å²) in [4.78, 5) is 13.7. The highest BCUT2D eigenvalue weighted by Crippen LogP contribution is 2.50. The summed E-state index contributed by atoms with van der Waals surface area (Å²) in [6, 6.07) is 35.0. The lowest BCUT2D eigenvalue weighted by molar-refractivity contribution is 0.628. The van der Waals surface area contributed by atoms with Crippen LogP contribution in [0.4, 0.5) is 0 Å². The van der Waals surface area contributed by atoms with E-state index in [-0.39, 0.29) is 5.41 Å². The highest BCUT2D eigenvalue weighted by molar-refractivity contribution is 6.23. The van der Waals surface area contributed by atoms with Gasteiger partial charge in [0.05, 0.1) is 22.1 Å². The highest BCUT2D eigenvalue weighted by atomic mass is 15.1. The van der Waals surface area contributed by atoms with Crippen LogP contribution in [-0.4, -0.2) is 24.1 Å². The Morgan fingerprint density at radius 1 is 0.619 bits per heavy atom. The average Bonchev–Trinajstić information content (AvgIpc) is 3.66. The van der Waals surface area contributed by atoms with Crippen molar-refractivity contribution < 1.29 is 0 Å². The van der Waals surface area contributed by atoms with E-state index in [2.05, 4.69) is 113 Å². The van der Waals surface area contributed by atoms with Crippen LogP contribution in [0.25, 0.3) is 77.1 Å². The van der Waals surface area contributed by atoms with Crippen molar-refractivity contribution in [3.05, 3.63) is 121 Å². The van der Waals surface area contributed by atoms with Crippen LogP contribution in [0.5, 0.6) is 0 Å². The van der Waals surface area contributed by atoms with Crippen LogP contribution < -0.4 is 0 Å². The number of aromatic nitrogens is 5. The van der Waals surface area contributed by atoms with Gasteiger partial charge in [0.2, 0.25) is 0 Å². The lowest BCUT2D eigenvalue weighted by Gasteiger charge is -2.34. The molecule has 10 rings (SSSR count). The molecule has 0 atom stereocenters. The van der Waals surface area contributed by atoms with Crippen molar-refractivity contribution >= 4 is 65.5 Å². The third kappa shape index (κ3) is 2.55. The molecular weight excluding hydrogens is 514 g/mol. The molecule has 1 aliphatic heterocycles. The first kappa shape index (κ1) is 22.3. The second kappa shape index (κ2) is 7.45. The Bertz CT molecular complexity index is 2600. The van der Waals surface area contributed by atoms with Crippen molar-refractivity contribution in [2.45, 2.75) is 19.3 Å². The van der Waals surface area contributed by atoms with Gasteiger partial charge in [-0.05, 0) is 54.6 Å². The van der Waals surface area contributed by atoms with Gasteiger partial charge in [-0.25, -0.2) is 9.97 Å². The quantitative estimate of drug-likeness (QED) is 0.226. The van der Waals surface area contributed by atoms with Crippen LogP contribution in [0.3, 0.4) is 0 Å². The molecule has 5 aromatic heterocycles. The summed E-state index contributed by atoms with van der Waals surface area (Å²) in [5.74, 6) is 0.971. The molecule has 0 fully saturated rings. The van der Waals surface area contributed by atoms with Gasteiger partial charge in [0.25, 0.3) is 0 Å². The summed E-state index contributed by atoms with van der Waals surface area (Å²) in [6.07, 6.45) is 3.77. The topological polar surface area (TPSA) is 51.4 Å². The van der Waals surface area contributed by atoms with Crippen LogP contribution in [0.2, 0.25) is 0 Å². The standard InChI is InChI=1S/C37H25N5/c1-37(2)28-14-9-17-39-36(28)42-34-27(23-13-8-16-38-35(23)42)19-26-24-18-25-22-12-6-7-15-30(22)41(21-10-4-3-5-11-21)31(25)20-29(24)40-33(26)32(34)37/h3-20,40H,1-2H3. The Labute approximate surface area is 240 Å². The lowest BCUT2D eigenvalue weighted by atomic mass is 9.75. The van der Waals surface area contributed by atoms with Crippen molar-refractivity contribution in [1.82, 2.24) is 24.1 Å². The van der Waals surface area contributed by atoms with Gasteiger partial charge >= 0.3 is 0 Å². The molecule has 0 unspecified atom stereocenters. The molecule has 5 nitrogen and oxygen atoms in total. The number of hydrogen-bond acceptors (Lipinski definition) is 2. The third-order valence-corrected chi connectivity index (χ3v) is 9.49.